The van der Waals surface area contributed by atoms with Crippen molar-refractivity contribution in [2.45, 2.75) is 11.1 Å². The zero-order chi connectivity index (χ0) is 20.0. The predicted octanol–water partition coefficient (Wildman–Crippen LogP) is 2.56. The molecule has 2 N–H and O–H groups in total. The van der Waals surface area contributed by atoms with Gasteiger partial charge in [0, 0.05) is 12.3 Å². The Bertz CT molecular complexity index is 862. The van der Waals surface area contributed by atoms with Crippen LogP contribution in [0.1, 0.15) is 16.1 Å². The summed E-state index contributed by atoms with van der Waals surface area (Å²) in [6.07, 6.45) is -3.34. The van der Waals surface area contributed by atoms with Crippen LogP contribution in [0.2, 0.25) is 0 Å². The number of nitrogens with one attached hydrogen (secondary N) is 2. The highest BCUT2D eigenvalue weighted by Crippen LogP contribution is 2.36. The summed E-state index contributed by atoms with van der Waals surface area (Å²) in [7, 11) is 0. The number of nitro groups is 1. The summed E-state index contributed by atoms with van der Waals surface area (Å²) in [5.74, 6) is -1.75. The fraction of sp³-hybridized carbons (Fsp3) is 0.133. The standard InChI is InChI=1S/C15H11F3N4O4S/c16-15(17,18)9-4-5-12(11(7-9)22(25)26)27-8-13(23)20-21-14(24)10-3-1-2-6-19-10/h1-7H,8H2,(H,20,23)(H,21,24). The van der Waals surface area contributed by atoms with Gasteiger partial charge in [-0.05, 0) is 24.3 Å². The molecule has 0 fully saturated rings. The van der Waals surface area contributed by atoms with Gasteiger partial charge in [0.15, 0.2) is 0 Å². The summed E-state index contributed by atoms with van der Waals surface area (Å²) >= 11 is 0.662. The maximum Gasteiger partial charge on any atom is 0.416 e. The zero-order valence-electron chi connectivity index (χ0n) is 13.3. The highest BCUT2D eigenvalue weighted by Gasteiger charge is 2.33. The van der Waals surface area contributed by atoms with Crippen molar-refractivity contribution in [3.63, 3.8) is 0 Å². The Hall–Kier alpha value is -3.15. The molecule has 0 bridgehead atoms. The van der Waals surface area contributed by atoms with E-state index in [4.69, 9.17) is 0 Å². The molecule has 0 saturated carbocycles. The maximum atomic E-state index is 12.7. The number of amides is 2. The van der Waals surface area contributed by atoms with Crippen LogP contribution in [0.5, 0.6) is 0 Å². The van der Waals surface area contributed by atoms with Crippen molar-refractivity contribution < 1.29 is 27.7 Å². The normalized spacial score (nSPS) is 10.9. The Morgan fingerprint density at radius 3 is 2.52 bits per heavy atom. The van der Waals surface area contributed by atoms with E-state index in [1.54, 1.807) is 12.1 Å². The molecule has 0 unspecified atom stereocenters. The molecule has 1 aromatic carbocycles. The minimum atomic E-state index is -4.72. The van der Waals surface area contributed by atoms with Gasteiger partial charge in [-0.15, -0.1) is 11.8 Å². The number of carbonyl (C=O) groups excluding carboxylic acids is 2. The van der Waals surface area contributed by atoms with Gasteiger partial charge in [-0.1, -0.05) is 6.07 Å². The molecule has 142 valence electrons. The number of carbonyl (C=O) groups is 2. The summed E-state index contributed by atoms with van der Waals surface area (Å²) in [5.41, 5.74) is 2.32. The monoisotopic (exact) mass is 400 g/mol. The first-order chi connectivity index (χ1) is 12.7. The Morgan fingerprint density at radius 2 is 1.93 bits per heavy atom. The van der Waals surface area contributed by atoms with Crippen molar-refractivity contribution in [1.29, 1.82) is 0 Å². The van der Waals surface area contributed by atoms with Gasteiger partial charge in [0.2, 0.25) is 5.91 Å². The third-order valence-electron chi connectivity index (χ3n) is 3.05. The molecule has 0 spiro atoms. The van der Waals surface area contributed by atoms with E-state index in [9.17, 15) is 32.9 Å². The third kappa shape index (κ3) is 5.67. The lowest BCUT2D eigenvalue weighted by Crippen LogP contribution is -2.42. The van der Waals surface area contributed by atoms with Crippen LogP contribution in [0.15, 0.2) is 47.5 Å². The second kappa shape index (κ2) is 8.49. The molecule has 27 heavy (non-hydrogen) atoms. The Balaban J connectivity index is 1.96. The average molecular weight is 400 g/mol. The van der Waals surface area contributed by atoms with E-state index < -0.39 is 34.2 Å². The number of hydrogen-bond donors (Lipinski definition) is 2. The van der Waals surface area contributed by atoms with Gasteiger partial charge >= 0.3 is 6.18 Å². The highest BCUT2D eigenvalue weighted by atomic mass is 32.2. The van der Waals surface area contributed by atoms with Gasteiger partial charge in [-0.25, -0.2) is 0 Å². The summed E-state index contributed by atoms with van der Waals surface area (Å²) in [6, 6.07) is 6.61. The van der Waals surface area contributed by atoms with Gasteiger partial charge < -0.3 is 0 Å². The lowest BCUT2D eigenvalue weighted by Gasteiger charge is -2.09. The number of alkyl halides is 3. The number of hydrogen-bond acceptors (Lipinski definition) is 6. The van der Waals surface area contributed by atoms with E-state index in [1.807, 2.05) is 0 Å². The van der Waals surface area contributed by atoms with Crippen LogP contribution in [0.25, 0.3) is 0 Å². The number of halogens is 3. The average Bonchev–Trinajstić information content (AvgIpc) is 2.64. The summed E-state index contributed by atoms with van der Waals surface area (Å²) in [5, 5.41) is 11.0. The lowest BCUT2D eigenvalue weighted by molar-refractivity contribution is -0.388. The number of thioether (sulfide) groups is 1. The molecule has 12 heteroatoms. The second-order valence-electron chi connectivity index (χ2n) is 4.94. The molecule has 0 aliphatic heterocycles. The predicted molar refractivity (Wildman–Crippen MR) is 88.7 cm³/mol. The molecule has 0 atom stereocenters. The van der Waals surface area contributed by atoms with Crippen LogP contribution in [0, 0.1) is 10.1 Å². The molecule has 2 amide bonds. The Morgan fingerprint density at radius 1 is 1.19 bits per heavy atom. The molecular weight excluding hydrogens is 389 g/mol. The molecule has 0 radical (unpaired) electrons. The molecule has 2 rings (SSSR count). The van der Waals surface area contributed by atoms with E-state index in [2.05, 4.69) is 15.8 Å². The largest absolute Gasteiger partial charge is 0.416 e. The van der Waals surface area contributed by atoms with Crippen molar-refractivity contribution in [2.75, 3.05) is 5.75 Å². The van der Waals surface area contributed by atoms with Crippen LogP contribution in [0.3, 0.4) is 0 Å². The highest BCUT2D eigenvalue weighted by molar-refractivity contribution is 8.00. The van der Waals surface area contributed by atoms with Gasteiger partial charge in [-0.2, -0.15) is 13.2 Å². The fourth-order valence-corrected chi connectivity index (χ4v) is 2.63. The molecule has 8 nitrogen and oxygen atoms in total. The van der Waals surface area contributed by atoms with Crippen LogP contribution in [-0.4, -0.2) is 27.5 Å². The number of benzene rings is 1. The van der Waals surface area contributed by atoms with Crippen LogP contribution in [-0.2, 0) is 11.0 Å². The van der Waals surface area contributed by atoms with Crippen LogP contribution in [0.4, 0.5) is 18.9 Å². The number of aromatic nitrogens is 1. The fourth-order valence-electron chi connectivity index (χ4n) is 1.83. The molecule has 0 aliphatic carbocycles. The van der Waals surface area contributed by atoms with E-state index in [0.717, 1.165) is 6.07 Å². The van der Waals surface area contributed by atoms with Crippen molar-refractivity contribution >= 4 is 29.3 Å². The minimum Gasteiger partial charge on any atom is -0.272 e. The number of rotatable bonds is 5. The van der Waals surface area contributed by atoms with E-state index in [-0.39, 0.29) is 16.3 Å². The van der Waals surface area contributed by atoms with Crippen molar-refractivity contribution in [3.05, 3.63) is 64.0 Å². The molecule has 1 aromatic heterocycles. The summed E-state index contributed by atoms with van der Waals surface area (Å²) < 4.78 is 38.0. The van der Waals surface area contributed by atoms with Crippen molar-refractivity contribution in [2.24, 2.45) is 0 Å². The first-order valence-electron chi connectivity index (χ1n) is 7.17. The first-order valence-corrected chi connectivity index (χ1v) is 8.15. The summed E-state index contributed by atoms with van der Waals surface area (Å²) in [6.45, 7) is 0. The lowest BCUT2D eigenvalue weighted by atomic mass is 10.2. The van der Waals surface area contributed by atoms with E-state index in [0.29, 0.717) is 23.9 Å². The van der Waals surface area contributed by atoms with Gasteiger partial charge in [0.25, 0.3) is 11.6 Å². The Kier molecular flexibility index (Phi) is 6.34. The van der Waals surface area contributed by atoms with Crippen LogP contribution >= 0.6 is 11.8 Å². The van der Waals surface area contributed by atoms with E-state index in [1.165, 1.54) is 12.3 Å². The topological polar surface area (TPSA) is 114 Å². The van der Waals surface area contributed by atoms with Gasteiger partial charge in [0.1, 0.15) is 5.69 Å². The maximum absolute atomic E-state index is 12.7. The third-order valence-corrected chi connectivity index (χ3v) is 4.12. The molecular formula is C15H11F3N4O4S. The quantitative estimate of drug-likeness (QED) is 0.453. The van der Waals surface area contributed by atoms with Crippen LogP contribution < -0.4 is 10.9 Å². The van der Waals surface area contributed by atoms with E-state index >= 15 is 0 Å². The number of nitrogens with zero attached hydrogens (tertiary/aromatic N) is 2. The molecule has 1 heterocycles. The van der Waals surface area contributed by atoms with Crippen molar-refractivity contribution in [1.82, 2.24) is 15.8 Å². The van der Waals surface area contributed by atoms with Gasteiger partial charge in [0.05, 0.1) is 21.1 Å². The first kappa shape index (κ1) is 20.2. The second-order valence-corrected chi connectivity index (χ2v) is 5.96. The minimum absolute atomic E-state index is 0.0591. The number of nitro benzene ring substituents is 1. The smallest absolute Gasteiger partial charge is 0.272 e. The molecule has 0 saturated heterocycles. The number of hydrazine groups is 1. The molecule has 0 aliphatic rings. The zero-order valence-corrected chi connectivity index (χ0v) is 14.1. The van der Waals surface area contributed by atoms with Gasteiger partial charge in [-0.3, -0.25) is 35.5 Å². The molecule has 2 aromatic rings. The Labute approximate surface area is 154 Å². The summed E-state index contributed by atoms with van der Waals surface area (Å²) in [4.78, 5) is 37.1. The van der Waals surface area contributed by atoms with Crippen molar-refractivity contribution in [3.8, 4) is 0 Å². The SMILES string of the molecule is O=C(CSc1ccc(C(F)(F)F)cc1[N+](=O)[O-])NNC(=O)c1ccccn1. The number of pyridine rings is 1.